The highest BCUT2D eigenvalue weighted by Crippen LogP contribution is 2.22. The lowest BCUT2D eigenvalue weighted by Crippen LogP contribution is -3.08. The van der Waals surface area contributed by atoms with E-state index in [4.69, 9.17) is 23.2 Å². The smallest absolute Gasteiger partial charge is 0.279 e. The highest BCUT2D eigenvalue weighted by molar-refractivity contribution is 6.33. The molecule has 116 valence electrons. The van der Waals surface area contributed by atoms with Crippen LogP contribution in [0, 0.1) is 5.82 Å². The summed E-state index contributed by atoms with van der Waals surface area (Å²) in [6.45, 7) is 0.878. The molecule has 1 unspecified atom stereocenters. The maximum absolute atomic E-state index is 13.0. The van der Waals surface area contributed by atoms with Gasteiger partial charge in [0.05, 0.1) is 17.8 Å². The van der Waals surface area contributed by atoms with Crippen molar-refractivity contribution in [3.05, 3.63) is 63.9 Å². The van der Waals surface area contributed by atoms with Gasteiger partial charge in [-0.3, -0.25) is 4.79 Å². The zero-order valence-corrected chi connectivity index (χ0v) is 13.5. The van der Waals surface area contributed by atoms with E-state index in [2.05, 4.69) is 5.32 Å². The summed E-state index contributed by atoms with van der Waals surface area (Å²) in [6, 6.07) is 11.4. The SMILES string of the molecule is C[NH+](CC(=O)Nc1ccc(F)cc1Cl)Cc1ccccc1Cl. The van der Waals surface area contributed by atoms with Gasteiger partial charge in [-0.05, 0) is 24.3 Å². The zero-order valence-electron chi connectivity index (χ0n) is 12.0. The number of amides is 1. The first-order chi connectivity index (χ1) is 10.5. The fourth-order valence-corrected chi connectivity index (χ4v) is 2.51. The number of halogens is 3. The van der Waals surface area contributed by atoms with Crippen LogP contribution in [-0.2, 0) is 11.3 Å². The molecule has 2 N–H and O–H groups in total. The highest BCUT2D eigenvalue weighted by Gasteiger charge is 2.13. The van der Waals surface area contributed by atoms with Crippen LogP contribution in [0.4, 0.5) is 10.1 Å². The summed E-state index contributed by atoms with van der Waals surface area (Å²) in [5.41, 5.74) is 1.38. The van der Waals surface area contributed by atoms with Crippen molar-refractivity contribution in [3.63, 3.8) is 0 Å². The lowest BCUT2D eigenvalue weighted by Gasteiger charge is -2.15. The predicted octanol–water partition coefficient (Wildman–Crippen LogP) is 2.79. The molecule has 2 aromatic carbocycles. The van der Waals surface area contributed by atoms with Gasteiger partial charge >= 0.3 is 0 Å². The fraction of sp³-hybridized carbons (Fsp3) is 0.188. The third-order valence-electron chi connectivity index (χ3n) is 3.12. The van der Waals surface area contributed by atoms with Gasteiger partial charge in [0.15, 0.2) is 6.54 Å². The maximum atomic E-state index is 13.0. The van der Waals surface area contributed by atoms with E-state index in [0.717, 1.165) is 16.5 Å². The van der Waals surface area contributed by atoms with Crippen LogP contribution in [0.5, 0.6) is 0 Å². The van der Waals surface area contributed by atoms with E-state index in [1.807, 2.05) is 31.3 Å². The zero-order chi connectivity index (χ0) is 16.1. The molecule has 0 radical (unpaired) electrons. The summed E-state index contributed by atoms with van der Waals surface area (Å²) >= 11 is 12.0. The number of nitrogens with one attached hydrogen (secondary N) is 2. The van der Waals surface area contributed by atoms with E-state index in [-0.39, 0.29) is 17.5 Å². The van der Waals surface area contributed by atoms with Crippen molar-refractivity contribution in [2.45, 2.75) is 6.54 Å². The van der Waals surface area contributed by atoms with Crippen molar-refractivity contribution in [1.29, 1.82) is 0 Å². The molecule has 2 rings (SSSR count). The number of quaternary nitrogens is 1. The second kappa shape index (κ2) is 7.58. The molecule has 6 heteroatoms. The van der Waals surface area contributed by atoms with Gasteiger partial charge < -0.3 is 10.2 Å². The Labute approximate surface area is 138 Å². The van der Waals surface area contributed by atoms with Gasteiger partial charge in [0.1, 0.15) is 12.4 Å². The monoisotopic (exact) mass is 341 g/mol. The number of likely N-dealkylation sites (N-methyl/N-ethyl adjacent to an activating group) is 1. The Balaban J connectivity index is 1.93. The lowest BCUT2D eigenvalue weighted by molar-refractivity contribution is -0.885. The molecule has 2 aromatic rings. The second-order valence-electron chi connectivity index (χ2n) is 5.07. The minimum absolute atomic E-state index is 0.178. The molecular formula is C16H16Cl2FN2O+. The number of carbonyl (C=O) groups excluding carboxylic acids is 1. The van der Waals surface area contributed by atoms with E-state index < -0.39 is 5.82 Å². The Hall–Kier alpha value is -1.62. The first-order valence-electron chi connectivity index (χ1n) is 6.75. The number of benzene rings is 2. The third kappa shape index (κ3) is 4.70. The average Bonchev–Trinajstić information content (AvgIpc) is 2.44. The summed E-state index contributed by atoms with van der Waals surface area (Å²) in [5.74, 6) is -0.637. The predicted molar refractivity (Wildman–Crippen MR) is 86.9 cm³/mol. The second-order valence-corrected chi connectivity index (χ2v) is 5.89. The van der Waals surface area contributed by atoms with Crippen LogP contribution >= 0.6 is 23.2 Å². The molecular weight excluding hydrogens is 326 g/mol. The molecule has 0 aromatic heterocycles. The normalized spacial score (nSPS) is 12.0. The number of anilines is 1. The van der Waals surface area contributed by atoms with Crippen molar-refractivity contribution in [1.82, 2.24) is 0 Å². The van der Waals surface area contributed by atoms with Gasteiger partial charge in [-0.2, -0.15) is 0 Å². The number of rotatable bonds is 5. The van der Waals surface area contributed by atoms with Gasteiger partial charge in [-0.1, -0.05) is 41.4 Å². The molecule has 3 nitrogen and oxygen atoms in total. The maximum Gasteiger partial charge on any atom is 0.279 e. The van der Waals surface area contributed by atoms with E-state index in [0.29, 0.717) is 17.3 Å². The summed E-state index contributed by atoms with van der Waals surface area (Å²) in [4.78, 5) is 13.0. The topological polar surface area (TPSA) is 33.5 Å². The van der Waals surface area contributed by atoms with Crippen molar-refractivity contribution in [2.24, 2.45) is 0 Å². The molecule has 0 spiro atoms. The Morgan fingerprint density at radius 3 is 2.59 bits per heavy atom. The minimum Gasteiger partial charge on any atom is -0.326 e. The standard InChI is InChI=1S/C16H15Cl2FN2O/c1-21(9-11-4-2-3-5-13(11)17)10-16(22)20-15-7-6-12(19)8-14(15)18/h2-8H,9-10H2,1H3,(H,20,22)/p+1. The fourth-order valence-electron chi connectivity index (χ4n) is 2.09. The van der Waals surface area contributed by atoms with Crippen LogP contribution in [0.3, 0.4) is 0 Å². The Morgan fingerprint density at radius 1 is 1.18 bits per heavy atom. The van der Waals surface area contributed by atoms with E-state index in [1.54, 1.807) is 0 Å². The largest absolute Gasteiger partial charge is 0.326 e. The van der Waals surface area contributed by atoms with E-state index >= 15 is 0 Å². The van der Waals surface area contributed by atoms with Crippen molar-refractivity contribution < 1.29 is 14.1 Å². The third-order valence-corrected chi connectivity index (χ3v) is 3.80. The van der Waals surface area contributed by atoms with Gasteiger partial charge in [0, 0.05) is 10.6 Å². The Morgan fingerprint density at radius 2 is 1.91 bits per heavy atom. The summed E-state index contributed by atoms with van der Waals surface area (Å²) in [7, 11) is 1.90. The van der Waals surface area contributed by atoms with Crippen molar-refractivity contribution in [3.8, 4) is 0 Å². The summed E-state index contributed by atoms with van der Waals surface area (Å²) in [5, 5.41) is 3.54. The van der Waals surface area contributed by atoms with Crippen LogP contribution in [-0.4, -0.2) is 19.5 Å². The molecule has 1 atom stereocenters. The van der Waals surface area contributed by atoms with Gasteiger partial charge in [-0.15, -0.1) is 0 Å². The molecule has 0 aliphatic rings. The molecule has 1 amide bonds. The summed E-state index contributed by atoms with van der Waals surface area (Å²) < 4.78 is 13.0. The Kier molecular flexibility index (Phi) is 5.77. The van der Waals surface area contributed by atoms with Crippen LogP contribution in [0.25, 0.3) is 0 Å². The lowest BCUT2D eigenvalue weighted by atomic mass is 10.2. The molecule has 0 bridgehead atoms. The molecule has 0 aliphatic heterocycles. The molecule has 22 heavy (non-hydrogen) atoms. The Bertz CT molecular complexity index is 679. The molecule has 0 heterocycles. The van der Waals surface area contributed by atoms with Crippen LogP contribution < -0.4 is 10.2 Å². The highest BCUT2D eigenvalue weighted by atomic mass is 35.5. The molecule has 0 saturated heterocycles. The first kappa shape index (κ1) is 16.7. The minimum atomic E-state index is -0.440. The first-order valence-corrected chi connectivity index (χ1v) is 7.51. The van der Waals surface area contributed by atoms with Gasteiger partial charge in [-0.25, -0.2) is 4.39 Å². The quantitative estimate of drug-likeness (QED) is 0.861. The molecule has 0 fully saturated rings. The van der Waals surface area contributed by atoms with Crippen LogP contribution in [0.15, 0.2) is 42.5 Å². The van der Waals surface area contributed by atoms with Crippen LogP contribution in [0.2, 0.25) is 10.0 Å². The van der Waals surface area contributed by atoms with Crippen molar-refractivity contribution >= 4 is 34.8 Å². The molecule has 0 aliphatic carbocycles. The molecule has 0 saturated carbocycles. The number of hydrogen-bond donors (Lipinski definition) is 2. The number of carbonyl (C=O) groups is 1. The van der Waals surface area contributed by atoms with Crippen molar-refractivity contribution in [2.75, 3.05) is 18.9 Å². The van der Waals surface area contributed by atoms with E-state index in [1.165, 1.54) is 12.1 Å². The summed E-state index contributed by atoms with van der Waals surface area (Å²) in [6.07, 6.45) is 0. The number of hydrogen-bond acceptors (Lipinski definition) is 1. The van der Waals surface area contributed by atoms with Gasteiger partial charge in [0.25, 0.3) is 5.91 Å². The van der Waals surface area contributed by atoms with Gasteiger partial charge in [0.2, 0.25) is 0 Å². The van der Waals surface area contributed by atoms with E-state index in [9.17, 15) is 9.18 Å². The van der Waals surface area contributed by atoms with Crippen LogP contribution in [0.1, 0.15) is 5.56 Å². The average molecular weight is 342 g/mol.